The molecule has 0 radical (unpaired) electrons. The van der Waals surface area contributed by atoms with Gasteiger partial charge in [0.05, 0.1) is 27.2 Å². The zero-order valence-corrected chi connectivity index (χ0v) is 18.1. The summed E-state index contributed by atoms with van der Waals surface area (Å²) in [4.78, 5) is 29.4. The predicted molar refractivity (Wildman–Crippen MR) is 122 cm³/mol. The lowest BCUT2D eigenvalue weighted by molar-refractivity contribution is 0.589. The molecular formula is C22H19N3O4S2. The van der Waals surface area contributed by atoms with Crippen molar-refractivity contribution in [2.24, 2.45) is 0 Å². The largest absolute Gasteiger partial charge is 0.333 e. The highest BCUT2D eigenvalue weighted by molar-refractivity contribution is 7.92. The second-order valence-electron chi connectivity index (χ2n) is 7.38. The van der Waals surface area contributed by atoms with Crippen molar-refractivity contribution in [3.63, 3.8) is 0 Å². The second-order valence-corrected chi connectivity index (χ2v) is 10.2. The van der Waals surface area contributed by atoms with E-state index in [0.717, 1.165) is 28.7 Å². The molecule has 5 rings (SSSR count). The van der Waals surface area contributed by atoms with E-state index in [2.05, 4.69) is 4.98 Å². The fraction of sp³-hybridized carbons (Fsp3) is 0.182. The number of H-pyrrole nitrogens is 1. The van der Waals surface area contributed by atoms with Gasteiger partial charge in [0.25, 0.3) is 15.6 Å². The van der Waals surface area contributed by atoms with Crippen molar-refractivity contribution in [2.45, 2.75) is 24.2 Å². The molecule has 7 nitrogen and oxygen atoms in total. The highest BCUT2D eigenvalue weighted by Crippen LogP contribution is 2.34. The molecule has 1 aliphatic rings. The molecule has 0 atom stereocenters. The Morgan fingerprint density at radius 3 is 2.68 bits per heavy atom. The minimum Gasteiger partial charge on any atom is -0.306 e. The number of sulfonamides is 1. The number of anilines is 1. The first-order chi connectivity index (χ1) is 15.0. The maximum absolute atomic E-state index is 13.5. The van der Waals surface area contributed by atoms with E-state index >= 15 is 0 Å². The van der Waals surface area contributed by atoms with E-state index in [1.807, 2.05) is 11.4 Å². The molecule has 2 aromatic carbocycles. The SMILES string of the molecule is O=c1[nH]c2ccccc2c(=O)n1-c1cccc(S(=O)(=O)N2CCCCc3sccc32)c1. The van der Waals surface area contributed by atoms with Gasteiger partial charge in [0.15, 0.2) is 0 Å². The minimum absolute atomic E-state index is 0.0449. The third kappa shape index (κ3) is 3.30. The van der Waals surface area contributed by atoms with Crippen LogP contribution in [-0.2, 0) is 16.4 Å². The summed E-state index contributed by atoms with van der Waals surface area (Å²) in [5.41, 5.74) is 0.246. The van der Waals surface area contributed by atoms with Gasteiger partial charge in [-0.15, -0.1) is 11.3 Å². The molecular weight excluding hydrogens is 434 g/mol. The number of aromatic nitrogens is 2. The summed E-state index contributed by atoms with van der Waals surface area (Å²) in [6.45, 7) is 0.396. The summed E-state index contributed by atoms with van der Waals surface area (Å²) in [5, 5.41) is 2.26. The van der Waals surface area contributed by atoms with Crippen LogP contribution in [0.5, 0.6) is 0 Å². The van der Waals surface area contributed by atoms with Gasteiger partial charge in [-0.1, -0.05) is 18.2 Å². The number of benzene rings is 2. The standard InChI is InChI=1S/C22H19N3O4S2/c26-21-17-8-1-2-9-18(17)23-22(27)25(21)15-6-5-7-16(14-15)31(28,29)24-12-4-3-10-20-19(24)11-13-30-20/h1-2,5-9,11,13-14H,3-4,10,12H2,(H,23,27). The summed E-state index contributed by atoms with van der Waals surface area (Å²) in [7, 11) is -3.85. The quantitative estimate of drug-likeness (QED) is 0.515. The number of hydrogen-bond donors (Lipinski definition) is 1. The summed E-state index contributed by atoms with van der Waals surface area (Å²) in [6, 6.07) is 14.6. The van der Waals surface area contributed by atoms with Gasteiger partial charge in [0, 0.05) is 11.4 Å². The highest BCUT2D eigenvalue weighted by atomic mass is 32.2. The number of thiophene rings is 1. The molecule has 0 spiro atoms. The number of aromatic amines is 1. The van der Waals surface area contributed by atoms with Crippen LogP contribution in [0.2, 0.25) is 0 Å². The monoisotopic (exact) mass is 453 g/mol. The predicted octanol–water partition coefficient (Wildman–Crippen LogP) is 3.27. The zero-order chi connectivity index (χ0) is 21.6. The molecule has 0 bridgehead atoms. The van der Waals surface area contributed by atoms with Crippen molar-refractivity contribution in [1.29, 1.82) is 0 Å². The van der Waals surface area contributed by atoms with E-state index in [1.54, 1.807) is 47.7 Å². The summed E-state index contributed by atoms with van der Waals surface area (Å²) in [6.07, 6.45) is 2.56. The first kappa shape index (κ1) is 19.8. The van der Waals surface area contributed by atoms with Crippen molar-refractivity contribution in [3.8, 4) is 5.69 Å². The summed E-state index contributed by atoms with van der Waals surface area (Å²) >= 11 is 1.56. The number of rotatable bonds is 3. The van der Waals surface area contributed by atoms with Crippen LogP contribution >= 0.6 is 11.3 Å². The fourth-order valence-electron chi connectivity index (χ4n) is 3.96. The first-order valence-corrected chi connectivity index (χ1v) is 12.2. The maximum Gasteiger partial charge on any atom is 0.333 e. The van der Waals surface area contributed by atoms with Gasteiger partial charge in [0.2, 0.25) is 0 Å². The van der Waals surface area contributed by atoms with E-state index in [4.69, 9.17) is 0 Å². The number of nitrogens with zero attached hydrogens (tertiary/aromatic N) is 2. The van der Waals surface area contributed by atoms with E-state index in [-0.39, 0.29) is 10.6 Å². The van der Waals surface area contributed by atoms with Crippen molar-refractivity contribution in [1.82, 2.24) is 9.55 Å². The van der Waals surface area contributed by atoms with Crippen molar-refractivity contribution < 1.29 is 8.42 Å². The van der Waals surface area contributed by atoms with Crippen molar-refractivity contribution in [3.05, 3.63) is 85.7 Å². The Labute approximate surface area is 182 Å². The van der Waals surface area contributed by atoms with Crippen LogP contribution in [0.4, 0.5) is 5.69 Å². The van der Waals surface area contributed by atoms with Gasteiger partial charge < -0.3 is 4.98 Å². The maximum atomic E-state index is 13.5. The molecule has 0 fully saturated rings. The number of aryl methyl sites for hydroxylation is 1. The Bertz CT molecular complexity index is 1520. The summed E-state index contributed by atoms with van der Waals surface area (Å²) in [5.74, 6) is 0. The third-order valence-corrected chi connectivity index (χ3v) is 8.25. The van der Waals surface area contributed by atoms with Crippen LogP contribution in [0.15, 0.2) is 74.5 Å². The first-order valence-electron chi connectivity index (χ1n) is 9.90. The Kier molecular flexibility index (Phi) is 4.79. The van der Waals surface area contributed by atoms with Crippen molar-refractivity contribution >= 4 is 38.0 Å². The number of nitrogens with one attached hydrogen (secondary N) is 1. The Balaban J connectivity index is 1.65. The van der Waals surface area contributed by atoms with Gasteiger partial charge in [-0.05, 0) is 61.0 Å². The smallest absolute Gasteiger partial charge is 0.306 e. The lowest BCUT2D eigenvalue weighted by Gasteiger charge is -2.23. The van der Waals surface area contributed by atoms with Crippen LogP contribution < -0.4 is 15.6 Å². The van der Waals surface area contributed by atoms with Gasteiger partial charge in [-0.25, -0.2) is 17.8 Å². The molecule has 0 unspecified atom stereocenters. The van der Waals surface area contributed by atoms with E-state index in [0.29, 0.717) is 23.1 Å². The molecule has 3 heterocycles. The number of hydrogen-bond acceptors (Lipinski definition) is 5. The van der Waals surface area contributed by atoms with E-state index in [1.165, 1.54) is 16.4 Å². The number of fused-ring (bicyclic) bond motifs is 2. The van der Waals surface area contributed by atoms with Crippen LogP contribution in [0.3, 0.4) is 0 Å². The third-order valence-electron chi connectivity index (χ3n) is 5.47. The topological polar surface area (TPSA) is 92.2 Å². The lowest BCUT2D eigenvalue weighted by Crippen LogP contribution is -2.34. The van der Waals surface area contributed by atoms with Gasteiger partial charge in [-0.3, -0.25) is 9.10 Å². The molecule has 2 aromatic heterocycles. The second kappa shape index (κ2) is 7.51. The molecule has 1 N–H and O–H groups in total. The normalized spacial score (nSPS) is 14.4. The Morgan fingerprint density at radius 1 is 0.968 bits per heavy atom. The molecule has 0 aliphatic carbocycles. The average molecular weight is 454 g/mol. The van der Waals surface area contributed by atoms with Gasteiger partial charge in [0.1, 0.15) is 0 Å². The molecule has 0 saturated carbocycles. The fourth-order valence-corrected chi connectivity index (χ4v) is 6.52. The summed E-state index contributed by atoms with van der Waals surface area (Å²) < 4.78 is 29.5. The van der Waals surface area contributed by atoms with Crippen LogP contribution in [0.1, 0.15) is 17.7 Å². The highest BCUT2D eigenvalue weighted by Gasteiger charge is 2.29. The minimum atomic E-state index is -3.85. The average Bonchev–Trinajstić information content (AvgIpc) is 3.12. The van der Waals surface area contributed by atoms with Crippen molar-refractivity contribution in [2.75, 3.05) is 10.8 Å². The molecule has 0 amide bonds. The molecule has 0 saturated heterocycles. The van der Waals surface area contributed by atoms with E-state index in [9.17, 15) is 18.0 Å². The zero-order valence-electron chi connectivity index (χ0n) is 16.4. The van der Waals surface area contributed by atoms with Gasteiger partial charge >= 0.3 is 5.69 Å². The molecule has 4 aromatic rings. The molecule has 158 valence electrons. The number of para-hydroxylation sites is 1. The Hall–Kier alpha value is -3.17. The van der Waals surface area contributed by atoms with Crippen LogP contribution in [-0.4, -0.2) is 24.5 Å². The molecule has 9 heteroatoms. The van der Waals surface area contributed by atoms with Gasteiger partial charge in [-0.2, -0.15) is 0 Å². The lowest BCUT2D eigenvalue weighted by atomic mass is 10.2. The Morgan fingerprint density at radius 2 is 1.81 bits per heavy atom. The van der Waals surface area contributed by atoms with Crippen LogP contribution in [0, 0.1) is 0 Å². The molecule has 31 heavy (non-hydrogen) atoms. The van der Waals surface area contributed by atoms with Crippen LogP contribution in [0.25, 0.3) is 16.6 Å². The van der Waals surface area contributed by atoms with E-state index < -0.39 is 21.3 Å². The molecule has 1 aliphatic heterocycles.